The van der Waals surface area contributed by atoms with Crippen molar-refractivity contribution in [3.05, 3.63) is 349 Å². The minimum atomic E-state index is -1.38. The smallest absolute Gasteiger partial charge is 0.314 e. The number of allylic oxidation sites excluding steroid dienone is 20. The maximum atomic E-state index is 14.2. The lowest BCUT2D eigenvalue weighted by Gasteiger charge is -2.32. The molecule has 15 rings (SSSR count). The van der Waals surface area contributed by atoms with Gasteiger partial charge in [0.25, 0.3) is 11.8 Å². The molecule has 12 nitrogen and oxygen atoms in total. The summed E-state index contributed by atoms with van der Waals surface area (Å²) in [7, 11) is 0. The number of benzene rings is 6. The first-order valence-electron chi connectivity index (χ1n) is 38.8. The lowest BCUT2D eigenvalue weighted by molar-refractivity contribution is -0.146. The summed E-state index contributed by atoms with van der Waals surface area (Å²) in [4.78, 5) is 87.5. The van der Waals surface area contributed by atoms with Crippen molar-refractivity contribution < 1.29 is 29.1 Å². The van der Waals surface area contributed by atoms with E-state index in [-0.39, 0.29) is 51.7 Å². The fourth-order valence-electron chi connectivity index (χ4n) is 16.5. The van der Waals surface area contributed by atoms with Crippen molar-refractivity contribution in [2.75, 3.05) is 10.6 Å². The number of H-pyrrole nitrogens is 2. The van der Waals surface area contributed by atoms with Gasteiger partial charge in [-0.15, -0.1) is 0 Å². The third-order valence-corrected chi connectivity index (χ3v) is 22.7. The van der Waals surface area contributed by atoms with E-state index in [0.717, 1.165) is 111 Å². The number of nitrogens with zero attached hydrogens (tertiary/aromatic N) is 2. The summed E-state index contributed by atoms with van der Waals surface area (Å²) in [6.07, 6.45) is 42.7. The number of aromatic nitrogens is 4. The Kier molecular flexibility index (Phi) is 21.1. The number of carboxylic acid groups (broad SMARTS) is 1. The van der Waals surface area contributed by atoms with Gasteiger partial charge in [0.2, 0.25) is 0 Å². The van der Waals surface area contributed by atoms with Crippen LogP contribution in [-0.4, -0.2) is 54.4 Å². The number of ketones is 2. The maximum absolute atomic E-state index is 14.2. The zero-order valence-corrected chi connectivity index (χ0v) is 65.2. The lowest BCUT2D eigenvalue weighted by atomic mass is 9.71. The summed E-state index contributed by atoms with van der Waals surface area (Å²) in [6.45, 7) is 19.6. The Hall–Kier alpha value is -13.2. The highest BCUT2D eigenvalue weighted by Gasteiger charge is 2.61. The van der Waals surface area contributed by atoms with Gasteiger partial charge >= 0.3 is 5.97 Å². The van der Waals surface area contributed by atoms with Gasteiger partial charge in [-0.3, -0.25) is 24.0 Å². The Labute approximate surface area is 660 Å². The molecule has 3 aromatic heterocycles. The van der Waals surface area contributed by atoms with Gasteiger partial charge in [0, 0.05) is 89.1 Å². The van der Waals surface area contributed by atoms with Gasteiger partial charge in [0.1, 0.15) is 0 Å². The number of aromatic amines is 2. The average molecular weight is 1480 g/mol. The number of hydrogen-bond acceptors (Lipinski definition) is 7. The van der Waals surface area contributed by atoms with Crippen LogP contribution in [0.5, 0.6) is 0 Å². The molecule has 0 radical (unpaired) electrons. The third kappa shape index (κ3) is 15.7. The molecule has 12 heteroatoms. The highest BCUT2D eigenvalue weighted by atomic mass is 16.4. The normalized spacial score (nSPS) is 17.7. The Morgan fingerprint density at radius 2 is 0.903 bits per heavy atom. The van der Waals surface area contributed by atoms with Crippen LogP contribution in [0.15, 0.2) is 287 Å². The van der Waals surface area contributed by atoms with E-state index in [1.54, 1.807) is 0 Å². The Morgan fingerprint density at radius 3 is 1.36 bits per heavy atom. The molecule has 560 valence electrons. The van der Waals surface area contributed by atoms with E-state index >= 15 is 0 Å². The molecule has 4 aliphatic carbocycles. The van der Waals surface area contributed by atoms with Crippen molar-refractivity contribution in [3.63, 3.8) is 0 Å². The molecular weight excluding hydrogens is 1390 g/mol. The van der Waals surface area contributed by atoms with Crippen LogP contribution in [0, 0.1) is 30.6 Å². The van der Waals surface area contributed by atoms with Gasteiger partial charge in [0.05, 0.1) is 28.2 Å². The van der Waals surface area contributed by atoms with Crippen LogP contribution >= 0.6 is 0 Å². The summed E-state index contributed by atoms with van der Waals surface area (Å²) < 4.78 is 0. The quantitative estimate of drug-likeness (QED) is 0.0495. The van der Waals surface area contributed by atoms with Crippen molar-refractivity contribution in [1.29, 1.82) is 0 Å². The number of aryl methyl sites for hydroxylation is 2. The van der Waals surface area contributed by atoms with Gasteiger partial charge in [-0.05, 0) is 235 Å². The molecule has 1 fully saturated rings. The number of carbonyl (C=O) groups excluding carboxylic acids is 4. The topological polar surface area (TPSA) is 187 Å². The standard InChI is InChI=1S/C101H90N6O6/c1-61(15-10-11-16-62(2)18-13-20-64(4)27-47-80-67(7)21-14-57-100(80,8)9)17-12-19-63(3)22-28-68-29-35-73(36-30-68)97(110)102-76-42-37-71(38-43-76)91-85-52-48-81(104-85)89(69-31-23-65(5)24-32-69)83-50-54-87(106-83)92(88-55-51-84(107-88)90(82-49-53-86(91)105-82)70-33-25-66(6)26-34-70)72-39-44-77(45-40-72)103-98(111)74-41-46-78-79(59-74)96(109)94-93(95(78)108)75-56-58-101(94,60-75)99(112)113/h10-13,15-20,22-55,59,75,104,107H,14,21,56-58,60H2,1-9H3,(H,102,110)(H,103,111)(H,112,113)/b11-10+,17-12+,18-13+,28-22+,47-27+,61-15+,62-16+,63-19+,64-20+,89-81?,89-83?,90-82?,90-84?,91-85?,91-86?,92-87?,92-88?. The Bertz CT molecular complexity index is 6000. The average Bonchev–Trinajstić information content (AvgIpc) is 1.55. The molecule has 0 spiro atoms. The van der Waals surface area contributed by atoms with Crippen LogP contribution in [0.4, 0.5) is 11.4 Å². The largest absolute Gasteiger partial charge is 0.481 e. The van der Waals surface area contributed by atoms with Crippen molar-refractivity contribution >= 4 is 93.2 Å². The van der Waals surface area contributed by atoms with E-state index in [9.17, 15) is 29.1 Å². The van der Waals surface area contributed by atoms with Gasteiger partial charge in [-0.25, -0.2) is 9.97 Å². The minimum Gasteiger partial charge on any atom is -0.481 e. The molecule has 6 aliphatic rings. The first-order chi connectivity index (χ1) is 54.5. The van der Waals surface area contributed by atoms with Crippen LogP contribution in [0.2, 0.25) is 0 Å². The van der Waals surface area contributed by atoms with Crippen molar-refractivity contribution in [3.8, 4) is 44.5 Å². The van der Waals surface area contributed by atoms with Gasteiger partial charge in [0.15, 0.2) is 11.6 Å². The van der Waals surface area contributed by atoms with Crippen LogP contribution in [0.25, 0.3) is 97.0 Å². The monoisotopic (exact) mass is 1480 g/mol. The second-order valence-electron chi connectivity index (χ2n) is 31.3. The second-order valence-corrected chi connectivity index (χ2v) is 31.3. The number of Topliss-reactive ketones (excluding diaryl/α,β-unsaturated/α-hetero) is 2. The fraction of sp³-hybridized carbons (Fsp3) is 0.178. The van der Waals surface area contributed by atoms with E-state index in [4.69, 9.17) is 9.97 Å². The molecule has 2 atom stereocenters. The predicted octanol–water partition coefficient (Wildman–Crippen LogP) is 24.6. The SMILES string of the molecule is CC1=C(/C=C/C(C)=C/C=C/C(C)=C/C=C/C=C(C)/C=C/C=C(C)/C=C/c2ccc(C(=O)Nc3ccc(-c4c5nc(c(-c6ccc(C)cc6)c6ccc([nH]6)c(-c6ccc(NC(=O)c7ccc8c(c7)C(=O)C7=C(C8=O)C8CCC7(C(=O)O)C8)cc6)c6nc(c(-c7ccc(C)cc7)c7ccc4[nH]7)C=C6)C=C5)cc3)cc2)C(C)(C)CCC1. The molecule has 113 heavy (non-hydrogen) atoms. The molecule has 10 bridgehead atoms. The number of rotatable bonds is 19. The molecule has 6 aromatic carbocycles. The zero-order valence-electron chi connectivity index (χ0n) is 65.2. The summed E-state index contributed by atoms with van der Waals surface area (Å²) in [5.41, 5.74) is 25.3. The second kappa shape index (κ2) is 31.7. The van der Waals surface area contributed by atoms with Crippen LogP contribution in [-0.2, 0) is 4.79 Å². The van der Waals surface area contributed by atoms with Crippen LogP contribution in [0.1, 0.15) is 168 Å². The van der Waals surface area contributed by atoms with Crippen molar-refractivity contribution in [2.45, 2.75) is 101 Å². The molecule has 2 amide bonds. The maximum Gasteiger partial charge on any atom is 0.314 e. The summed E-state index contributed by atoms with van der Waals surface area (Å²) in [5, 5.41) is 16.5. The number of fused-ring (bicyclic) bond motifs is 13. The molecular formula is C101H90N6O6. The van der Waals surface area contributed by atoms with Crippen LogP contribution in [0.3, 0.4) is 0 Å². The molecule has 2 unspecified atom stereocenters. The fourth-order valence-corrected chi connectivity index (χ4v) is 16.5. The molecule has 5 N–H and O–H groups in total. The molecule has 5 heterocycles. The number of amides is 2. The highest BCUT2D eigenvalue weighted by Crippen LogP contribution is 2.60. The first kappa shape index (κ1) is 75.2. The van der Waals surface area contributed by atoms with E-state index in [0.29, 0.717) is 41.0 Å². The highest BCUT2D eigenvalue weighted by molar-refractivity contribution is 6.30. The van der Waals surface area contributed by atoms with E-state index < -0.39 is 23.1 Å². The minimum absolute atomic E-state index is 0.0493. The van der Waals surface area contributed by atoms with E-state index in [1.807, 2.05) is 91.0 Å². The number of carboxylic acids is 1. The first-order valence-corrected chi connectivity index (χ1v) is 38.8. The lowest BCUT2D eigenvalue weighted by Crippen LogP contribution is -2.36. The molecule has 9 aromatic rings. The predicted molar refractivity (Wildman–Crippen MR) is 463 cm³/mol. The van der Waals surface area contributed by atoms with Gasteiger partial charge < -0.3 is 25.7 Å². The molecule has 2 aliphatic heterocycles. The zero-order chi connectivity index (χ0) is 78.8. The molecule has 1 saturated carbocycles. The Balaban J connectivity index is 0.674. The van der Waals surface area contributed by atoms with Crippen molar-refractivity contribution in [2.24, 2.45) is 16.7 Å². The van der Waals surface area contributed by atoms with E-state index in [1.165, 1.54) is 59.8 Å². The van der Waals surface area contributed by atoms with Gasteiger partial charge in [-0.1, -0.05) is 223 Å². The number of anilines is 2. The number of aliphatic carboxylic acids is 1. The number of hydrogen-bond donors (Lipinski definition) is 5. The van der Waals surface area contributed by atoms with Crippen molar-refractivity contribution in [1.82, 2.24) is 19.9 Å². The summed E-state index contributed by atoms with van der Waals surface area (Å²) >= 11 is 0. The number of nitrogens with one attached hydrogen (secondary N) is 4. The Morgan fingerprint density at radius 1 is 0.478 bits per heavy atom. The number of carbonyl (C=O) groups is 5. The third-order valence-electron chi connectivity index (χ3n) is 22.7. The molecule has 0 saturated heterocycles. The van der Waals surface area contributed by atoms with Crippen LogP contribution < -0.4 is 10.6 Å². The summed E-state index contributed by atoms with van der Waals surface area (Å²) in [5.74, 6) is -2.91. The van der Waals surface area contributed by atoms with E-state index in [2.05, 4.69) is 247 Å². The van der Waals surface area contributed by atoms with Gasteiger partial charge in [-0.2, -0.15) is 0 Å². The summed E-state index contributed by atoms with van der Waals surface area (Å²) in [6, 6.07) is 52.6.